The summed E-state index contributed by atoms with van der Waals surface area (Å²) in [6.07, 6.45) is 0.816. The maximum Gasteiger partial charge on any atom is 0.340 e. The van der Waals surface area contributed by atoms with E-state index in [9.17, 15) is 9.59 Å². The summed E-state index contributed by atoms with van der Waals surface area (Å²) in [5.74, 6) is 0.741. The molecule has 1 amide bonds. The van der Waals surface area contributed by atoms with Gasteiger partial charge >= 0.3 is 5.97 Å². The molecule has 28 heavy (non-hydrogen) atoms. The third-order valence-electron chi connectivity index (χ3n) is 3.95. The van der Waals surface area contributed by atoms with Crippen molar-refractivity contribution in [1.82, 2.24) is 0 Å². The number of hydrogen-bond donors (Lipinski definition) is 1. The van der Waals surface area contributed by atoms with Crippen molar-refractivity contribution in [2.24, 2.45) is 0 Å². The molecule has 0 aliphatic carbocycles. The van der Waals surface area contributed by atoms with Crippen molar-refractivity contribution >= 4 is 17.6 Å². The van der Waals surface area contributed by atoms with E-state index in [-0.39, 0.29) is 18.9 Å². The minimum Gasteiger partial charge on any atom is -0.490 e. The first-order valence-corrected chi connectivity index (χ1v) is 9.53. The molecular weight excluding hydrogens is 358 g/mol. The Bertz CT molecular complexity index is 803. The Hall–Kier alpha value is -3.02. The third-order valence-corrected chi connectivity index (χ3v) is 3.95. The van der Waals surface area contributed by atoms with Crippen LogP contribution in [0, 0.1) is 0 Å². The summed E-state index contributed by atoms with van der Waals surface area (Å²) in [5, 5.41) is 2.80. The number of benzene rings is 2. The fourth-order valence-electron chi connectivity index (χ4n) is 2.70. The molecule has 150 valence electrons. The van der Waals surface area contributed by atoms with Crippen LogP contribution in [0.1, 0.15) is 43.1 Å². The van der Waals surface area contributed by atoms with Crippen LogP contribution in [-0.4, -0.2) is 31.7 Å². The molecule has 0 spiro atoms. The number of para-hydroxylation sites is 1. The van der Waals surface area contributed by atoms with Gasteiger partial charge in [-0.1, -0.05) is 18.2 Å². The van der Waals surface area contributed by atoms with E-state index in [2.05, 4.69) is 5.32 Å². The van der Waals surface area contributed by atoms with Crippen LogP contribution in [0.3, 0.4) is 0 Å². The standard InChI is InChI=1S/C22H27NO5/c1-4-26-19-13-11-16(15-20(19)27-5-2)12-14-21(24)23-18-10-8-7-9-17(18)22(25)28-6-3/h7-11,13,15H,4-6,12,14H2,1-3H3,(H,23,24). The van der Waals surface area contributed by atoms with E-state index in [1.54, 1.807) is 31.2 Å². The first-order chi connectivity index (χ1) is 13.6. The lowest BCUT2D eigenvalue weighted by Crippen LogP contribution is -2.16. The van der Waals surface area contributed by atoms with Crippen molar-refractivity contribution in [3.8, 4) is 11.5 Å². The van der Waals surface area contributed by atoms with Gasteiger partial charge in [0.2, 0.25) is 5.91 Å². The van der Waals surface area contributed by atoms with Gasteiger partial charge in [-0.25, -0.2) is 4.79 Å². The number of aryl methyl sites for hydroxylation is 1. The van der Waals surface area contributed by atoms with Gasteiger partial charge in [-0.2, -0.15) is 0 Å². The first-order valence-electron chi connectivity index (χ1n) is 9.53. The van der Waals surface area contributed by atoms with Crippen molar-refractivity contribution in [2.45, 2.75) is 33.6 Å². The summed E-state index contributed by atoms with van der Waals surface area (Å²) >= 11 is 0. The molecule has 0 unspecified atom stereocenters. The Morgan fingerprint density at radius 1 is 0.893 bits per heavy atom. The second-order valence-electron chi connectivity index (χ2n) is 5.96. The molecule has 2 aromatic carbocycles. The molecular formula is C22H27NO5. The number of nitrogens with one attached hydrogen (secondary N) is 1. The van der Waals surface area contributed by atoms with Crippen LogP contribution in [0.5, 0.6) is 11.5 Å². The van der Waals surface area contributed by atoms with Gasteiger partial charge in [0.1, 0.15) is 0 Å². The summed E-state index contributed by atoms with van der Waals surface area (Å²) in [5.41, 5.74) is 1.77. The van der Waals surface area contributed by atoms with Crippen LogP contribution in [0.15, 0.2) is 42.5 Å². The van der Waals surface area contributed by atoms with Crippen LogP contribution in [-0.2, 0) is 16.0 Å². The maximum absolute atomic E-state index is 12.4. The van der Waals surface area contributed by atoms with Crippen LogP contribution < -0.4 is 14.8 Å². The van der Waals surface area contributed by atoms with E-state index >= 15 is 0 Å². The summed E-state index contributed by atoms with van der Waals surface area (Å²) < 4.78 is 16.2. The van der Waals surface area contributed by atoms with Crippen molar-refractivity contribution in [3.63, 3.8) is 0 Å². The molecule has 0 heterocycles. The highest BCUT2D eigenvalue weighted by atomic mass is 16.5. The summed E-state index contributed by atoms with van der Waals surface area (Å²) in [6, 6.07) is 12.5. The SMILES string of the molecule is CCOC(=O)c1ccccc1NC(=O)CCc1ccc(OCC)c(OCC)c1. The first kappa shape index (κ1) is 21.3. The zero-order valence-corrected chi connectivity index (χ0v) is 16.6. The Balaban J connectivity index is 2.01. The minimum atomic E-state index is -0.453. The van der Waals surface area contributed by atoms with Gasteiger partial charge in [-0.3, -0.25) is 4.79 Å². The highest BCUT2D eigenvalue weighted by Gasteiger charge is 2.14. The average molecular weight is 385 g/mol. The third kappa shape index (κ3) is 6.01. The molecule has 0 saturated heterocycles. The number of amides is 1. The van der Waals surface area contributed by atoms with Crippen molar-refractivity contribution in [3.05, 3.63) is 53.6 Å². The summed E-state index contributed by atoms with van der Waals surface area (Å²) in [4.78, 5) is 24.4. The lowest BCUT2D eigenvalue weighted by molar-refractivity contribution is -0.116. The van der Waals surface area contributed by atoms with Gasteiger partial charge in [0.05, 0.1) is 31.1 Å². The van der Waals surface area contributed by atoms with Gasteiger partial charge in [0, 0.05) is 6.42 Å². The van der Waals surface area contributed by atoms with E-state index < -0.39 is 5.97 Å². The molecule has 0 bridgehead atoms. The lowest BCUT2D eigenvalue weighted by atomic mass is 10.1. The molecule has 6 nitrogen and oxygen atoms in total. The minimum absolute atomic E-state index is 0.177. The predicted octanol–water partition coefficient (Wildman–Crippen LogP) is 4.23. The molecule has 0 aliphatic rings. The Kier molecular flexibility index (Phi) is 8.34. The molecule has 0 aliphatic heterocycles. The number of ether oxygens (including phenoxy) is 3. The van der Waals surface area contributed by atoms with Gasteiger partial charge < -0.3 is 19.5 Å². The molecule has 0 atom stereocenters. The smallest absolute Gasteiger partial charge is 0.340 e. The van der Waals surface area contributed by atoms with E-state index in [1.807, 2.05) is 32.0 Å². The number of rotatable bonds is 10. The number of esters is 1. The second-order valence-corrected chi connectivity index (χ2v) is 5.96. The Morgan fingerprint density at radius 3 is 2.32 bits per heavy atom. The number of hydrogen-bond acceptors (Lipinski definition) is 5. The molecule has 0 aromatic heterocycles. The van der Waals surface area contributed by atoms with Gasteiger partial charge in [0.25, 0.3) is 0 Å². The summed E-state index contributed by atoms with van der Waals surface area (Å²) in [6.45, 7) is 6.95. The predicted molar refractivity (Wildman–Crippen MR) is 108 cm³/mol. The van der Waals surface area contributed by atoms with Crippen LogP contribution in [0.25, 0.3) is 0 Å². The number of carbonyl (C=O) groups excluding carboxylic acids is 2. The second kappa shape index (κ2) is 11.0. The number of carbonyl (C=O) groups is 2. The van der Waals surface area contributed by atoms with Crippen molar-refractivity contribution in [1.29, 1.82) is 0 Å². The molecule has 2 rings (SSSR count). The zero-order chi connectivity index (χ0) is 20.4. The largest absolute Gasteiger partial charge is 0.490 e. The lowest BCUT2D eigenvalue weighted by Gasteiger charge is -2.13. The van der Waals surface area contributed by atoms with Gasteiger partial charge in [-0.15, -0.1) is 0 Å². The van der Waals surface area contributed by atoms with E-state index in [1.165, 1.54) is 0 Å². The van der Waals surface area contributed by atoms with E-state index in [0.717, 1.165) is 5.56 Å². The van der Waals surface area contributed by atoms with E-state index in [0.29, 0.717) is 42.4 Å². The van der Waals surface area contributed by atoms with E-state index in [4.69, 9.17) is 14.2 Å². The average Bonchev–Trinajstić information content (AvgIpc) is 2.69. The van der Waals surface area contributed by atoms with Gasteiger partial charge in [-0.05, 0) is 57.0 Å². The normalized spacial score (nSPS) is 10.2. The number of anilines is 1. The Labute approximate surface area is 165 Å². The van der Waals surface area contributed by atoms with Crippen LogP contribution in [0.4, 0.5) is 5.69 Å². The van der Waals surface area contributed by atoms with Crippen molar-refractivity contribution < 1.29 is 23.8 Å². The maximum atomic E-state index is 12.4. The van der Waals surface area contributed by atoms with Gasteiger partial charge in [0.15, 0.2) is 11.5 Å². The quantitative estimate of drug-likeness (QED) is 0.620. The van der Waals surface area contributed by atoms with Crippen LogP contribution in [0.2, 0.25) is 0 Å². The monoisotopic (exact) mass is 385 g/mol. The highest BCUT2D eigenvalue weighted by Crippen LogP contribution is 2.29. The molecule has 1 N–H and O–H groups in total. The molecule has 2 aromatic rings. The Morgan fingerprint density at radius 2 is 1.61 bits per heavy atom. The van der Waals surface area contributed by atoms with Crippen LogP contribution >= 0.6 is 0 Å². The molecule has 0 saturated carbocycles. The molecule has 0 radical (unpaired) electrons. The molecule has 6 heteroatoms. The fourth-order valence-corrected chi connectivity index (χ4v) is 2.70. The molecule has 0 fully saturated rings. The summed E-state index contributed by atoms with van der Waals surface area (Å²) in [7, 11) is 0. The topological polar surface area (TPSA) is 73.9 Å². The zero-order valence-electron chi connectivity index (χ0n) is 16.6. The highest BCUT2D eigenvalue weighted by molar-refractivity contribution is 6.01. The van der Waals surface area contributed by atoms with Crippen molar-refractivity contribution in [2.75, 3.05) is 25.1 Å². The fraction of sp³-hybridized carbons (Fsp3) is 0.364.